The van der Waals surface area contributed by atoms with Gasteiger partial charge in [-0.25, -0.2) is 14.8 Å². The second-order valence-electron chi connectivity index (χ2n) is 8.26. The first-order valence-electron chi connectivity index (χ1n) is 11.9. The molecule has 0 aliphatic carbocycles. The lowest BCUT2D eigenvalue weighted by Gasteiger charge is -2.18. The van der Waals surface area contributed by atoms with Gasteiger partial charge in [-0.1, -0.05) is 42.1 Å². The van der Waals surface area contributed by atoms with Gasteiger partial charge in [0.1, 0.15) is 10.7 Å². The van der Waals surface area contributed by atoms with Gasteiger partial charge in [0.25, 0.3) is 5.91 Å². The van der Waals surface area contributed by atoms with Crippen molar-refractivity contribution in [3.63, 3.8) is 0 Å². The number of methoxy groups -OCH3 is 1. The predicted octanol–water partition coefficient (Wildman–Crippen LogP) is 5.92. The molecule has 0 aliphatic heterocycles. The highest BCUT2D eigenvalue weighted by atomic mass is 32.2. The molecule has 0 saturated heterocycles. The van der Waals surface area contributed by atoms with Gasteiger partial charge in [-0.3, -0.25) is 9.59 Å². The third-order valence-corrected chi connectivity index (χ3v) is 7.89. The van der Waals surface area contributed by atoms with Crippen LogP contribution in [-0.4, -0.2) is 58.1 Å². The number of hydrogen-bond donors (Lipinski definition) is 1. The number of benzene rings is 1. The van der Waals surface area contributed by atoms with Crippen LogP contribution in [0.15, 0.2) is 41.6 Å². The van der Waals surface area contributed by atoms with Gasteiger partial charge >= 0.3 is 12.1 Å². The second kappa shape index (κ2) is 12.6. The number of anilines is 1. The van der Waals surface area contributed by atoms with E-state index < -0.39 is 29.0 Å². The van der Waals surface area contributed by atoms with E-state index in [1.54, 1.807) is 42.2 Å². The summed E-state index contributed by atoms with van der Waals surface area (Å²) in [6.07, 6.45) is -4.72. The smallest absolute Gasteiger partial charge is 0.433 e. The Labute approximate surface area is 232 Å². The molecule has 0 saturated carbocycles. The number of thiophene rings is 1. The first-order valence-corrected chi connectivity index (χ1v) is 13.6. The average Bonchev–Trinajstić information content (AvgIpc) is 3.23. The summed E-state index contributed by atoms with van der Waals surface area (Å²) >= 11 is 1.68. The van der Waals surface area contributed by atoms with E-state index in [1.165, 1.54) is 14.0 Å². The van der Waals surface area contributed by atoms with Crippen LogP contribution in [0.25, 0.3) is 11.3 Å². The van der Waals surface area contributed by atoms with Crippen molar-refractivity contribution >= 4 is 45.9 Å². The Hall–Kier alpha value is -3.45. The number of hydrogen-bond acceptors (Lipinski definition) is 8. The van der Waals surface area contributed by atoms with Gasteiger partial charge in [-0.2, -0.15) is 13.2 Å². The molecule has 0 radical (unpaired) electrons. The van der Waals surface area contributed by atoms with Gasteiger partial charge in [0.2, 0.25) is 5.91 Å². The standard InChI is InChI=1S/C26H27F3N4O4S2/c1-6-33(7-2)23(35)20-14(3)19(24(36)37-5)22(39-20)32-21(34)15(4)38-25-30-17(16-11-9-8-10-12-16)13-18(31-25)26(27,28)29/h8-13,15H,6-7H2,1-5H3,(H,32,34)/t15-/m1/s1. The zero-order valence-electron chi connectivity index (χ0n) is 21.9. The summed E-state index contributed by atoms with van der Waals surface area (Å²) in [4.78, 5) is 48.3. The van der Waals surface area contributed by atoms with Crippen molar-refractivity contribution in [2.75, 3.05) is 25.5 Å². The van der Waals surface area contributed by atoms with Crippen LogP contribution < -0.4 is 5.32 Å². The summed E-state index contributed by atoms with van der Waals surface area (Å²) in [6.45, 7) is 7.63. The first kappa shape index (κ1) is 30.1. The van der Waals surface area contributed by atoms with Crippen LogP contribution in [0.3, 0.4) is 0 Å². The van der Waals surface area contributed by atoms with Crippen LogP contribution in [0, 0.1) is 6.92 Å². The maximum absolute atomic E-state index is 13.6. The number of alkyl halides is 3. The molecule has 0 unspecified atom stereocenters. The molecular weight excluding hydrogens is 553 g/mol. The van der Waals surface area contributed by atoms with Gasteiger partial charge < -0.3 is 15.0 Å². The lowest BCUT2D eigenvalue weighted by atomic mass is 10.1. The average molecular weight is 581 g/mol. The third kappa shape index (κ3) is 6.95. The molecule has 13 heteroatoms. The number of nitrogens with zero attached hydrogens (tertiary/aromatic N) is 3. The van der Waals surface area contributed by atoms with E-state index in [1.807, 2.05) is 13.8 Å². The molecule has 2 aromatic heterocycles. The van der Waals surface area contributed by atoms with Crippen LogP contribution in [0.2, 0.25) is 0 Å². The molecule has 3 rings (SSSR count). The van der Waals surface area contributed by atoms with Crippen LogP contribution in [0.1, 0.15) is 52.1 Å². The number of thioether (sulfide) groups is 1. The summed E-state index contributed by atoms with van der Waals surface area (Å²) < 4.78 is 45.5. The van der Waals surface area contributed by atoms with Crippen molar-refractivity contribution in [1.82, 2.24) is 14.9 Å². The van der Waals surface area contributed by atoms with Gasteiger partial charge in [0.05, 0.1) is 28.5 Å². The number of carbonyl (C=O) groups excluding carboxylic acids is 3. The SMILES string of the molecule is CCN(CC)C(=O)c1sc(NC(=O)[C@@H](C)Sc2nc(-c3ccccc3)cc(C(F)(F)F)n2)c(C(=O)OC)c1C. The Morgan fingerprint density at radius 1 is 1.13 bits per heavy atom. The normalized spacial score (nSPS) is 12.1. The molecular formula is C26H27F3N4O4S2. The van der Waals surface area contributed by atoms with Crippen molar-refractivity contribution in [1.29, 1.82) is 0 Å². The highest BCUT2D eigenvalue weighted by Crippen LogP contribution is 2.36. The molecule has 1 atom stereocenters. The minimum Gasteiger partial charge on any atom is -0.465 e. The van der Waals surface area contributed by atoms with Crippen LogP contribution >= 0.6 is 23.1 Å². The van der Waals surface area contributed by atoms with Crippen LogP contribution in [0.5, 0.6) is 0 Å². The molecule has 0 aliphatic rings. The van der Waals surface area contributed by atoms with Crippen molar-refractivity contribution in [2.24, 2.45) is 0 Å². The molecule has 0 bridgehead atoms. The molecule has 39 heavy (non-hydrogen) atoms. The van der Waals surface area contributed by atoms with E-state index >= 15 is 0 Å². The summed E-state index contributed by atoms with van der Waals surface area (Å²) in [6, 6.07) is 9.18. The molecule has 1 N–H and O–H groups in total. The first-order chi connectivity index (χ1) is 18.4. The number of halogens is 3. The zero-order valence-corrected chi connectivity index (χ0v) is 23.5. The zero-order chi connectivity index (χ0) is 28.9. The fourth-order valence-corrected chi connectivity index (χ4v) is 5.56. The Morgan fingerprint density at radius 2 is 1.77 bits per heavy atom. The number of nitrogens with one attached hydrogen (secondary N) is 1. The summed E-state index contributed by atoms with van der Waals surface area (Å²) in [5.41, 5.74) is -0.188. The topological polar surface area (TPSA) is 101 Å². The lowest BCUT2D eigenvalue weighted by Crippen LogP contribution is -2.30. The Kier molecular flexibility index (Phi) is 9.73. The van der Waals surface area contributed by atoms with Gasteiger partial charge in [-0.15, -0.1) is 11.3 Å². The maximum atomic E-state index is 13.6. The predicted molar refractivity (Wildman–Crippen MR) is 144 cm³/mol. The summed E-state index contributed by atoms with van der Waals surface area (Å²) in [7, 11) is 1.19. The molecule has 2 amide bonds. The maximum Gasteiger partial charge on any atom is 0.433 e. The van der Waals surface area contributed by atoms with Gasteiger partial charge in [0, 0.05) is 18.7 Å². The second-order valence-corrected chi connectivity index (χ2v) is 10.6. The number of aromatic nitrogens is 2. The van der Waals surface area contributed by atoms with E-state index in [0.29, 0.717) is 24.2 Å². The van der Waals surface area contributed by atoms with E-state index in [4.69, 9.17) is 4.74 Å². The van der Waals surface area contributed by atoms with Crippen molar-refractivity contribution in [3.8, 4) is 11.3 Å². The molecule has 1 aromatic carbocycles. The Balaban J connectivity index is 1.91. The molecule has 3 aromatic rings. The fraction of sp³-hybridized carbons (Fsp3) is 0.346. The van der Waals surface area contributed by atoms with Crippen molar-refractivity contribution in [2.45, 2.75) is 44.3 Å². The monoisotopic (exact) mass is 580 g/mol. The van der Waals surface area contributed by atoms with E-state index in [0.717, 1.165) is 29.2 Å². The van der Waals surface area contributed by atoms with E-state index in [-0.39, 0.29) is 32.2 Å². The van der Waals surface area contributed by atoms with E-state index in [2.05, 4.69) is 15.3 Å². The van der Waals surface area contributed by atoms with Crippen LogP contribution in [-0.2, 0) is 15.7 Å². The number of rotatable bonds is 9. The fourth-order valence-electron chi connectivity index (χ4n) is 3.61. The number of carbonyl (C=O) groups is 3. The molecule has 0 fully saturated rings. The highest BCUT2D eigenvalue weighted by Gasteiger charge is 2.34. The third-order valence-electron chi connectivity index (χ3n) is 5.73. The Bertz CT molecular complexity index is 1360. The molecule has 208 valence electrons. The quantitative estimate of drug-likeness (QED) is 0.190. The summed E-state index contributed by atoms with van der Waals surface area (Å²) in [5.74, 6) is -1.64. The van der Waals surface area contributed by atoms with Crippen molar-refractivity contribution in [3.05, 3.63) is 58.1 Å². The summed E-state index contributed by atoms with van der Waals surface area (Å²) in [5, 5.41) is 1.56. The molecule has 0 spiro atoms. The van der Waals surface area contributed by atoms with Crippen molar-refractivity contribution < 1.29 is 32.3 Å². The minimum absolute atomic E-state index is 0.0465. The molecule has 8 nitrogen and oxygen atoms in total. The van der Waals surface area contributed by atoms with Gasteiger partial charge in [-0.05, 0) is 39.3 Å². The lowest BCUT2D eigenvalue weighted by molar-refractivity contribution is -0.141. The largest absolute Gasteiger partial charge is 0.465 e. The minimum atomic E-state index is -4.72. The van der Waals surface area contributed by atoms with Crippen LogP contribution in [0.4, 0.5) is 18.2 Å². The number of amides is 2. The Morgan fingerprint density at radius 3 is 2.33 bits per heavy atom. The highest BCUT2D eigenvalue weighted by molar-refractivity contribution is 8.00. The number of esters is 1. The van der Waals surface area contributed by atoms with E-state index in [9.17, 15) is 27.6 Å². The molecule has 2 heterocycles. The van der Waals surface area contributed by atoms with Gasteiger partial charge in [0.15, 0.2) is 5.16 Å². The number of ether oxygens (including phenoxy) is 1.